The molecule has 0 aliphatic heterocycles. The molecule has 0 saturated carbocycles. The molecule has 0 heterocycles. The van der Waals surface area contributed by atoms with Crippen molar-refractivity contribution in [3.63, 3.8) is 0 Å². The summed E-state index contributed by atoms with van der Waals surface area (Å²) in [6, 6.07) is -0.0445. The third-order valence-electron chi connectivity index (χ3n) is 2.22. The molecule has 92 valence electrons. The minimum atomic E-state index is -3.16. The van der Waals surface area contributed by atoms with Crippen LogP contribution in [-0.4, -0.2) is 39.3 Å². The maximum atomic E-state index is 11.6. The van der Waals surface area contributed by atoms with Gasteiger partial charge in [0.25, 0.3) is 0 Å². The summed E-state index contributed by atoms with van der Waals surface area (Å²) in [5.41, 5.74) is 0. The van der Waals surface area contributed by atoms with Crippen molar-refractivity contribution in [2.24, 2.45) is 5.92 Å². The second-order valence-electron chi connectivity index (χ2n) is 3.70. The van der Waals surface area contributed by atoms with Crippen molar-refractivity contribution < 1.29 is 13.2 Å². The first kappa shape index (κ1) is 15.3. The minimum absolute atomic E-state index is 0.0445. The van der Waals surface area contributed by atoms with Gasteiger partial charge in [0.15, 0.2) is 0 Å². The number of rotatable bonds is 8. The molecule has 0 amide bonds. The van der Waals surface area contributed by atoms with Gasteiger partial charge in [0, 0.05) is 25.1 Å². The number of hydrogen-bond donors (Lipinski definition) is 1. The smallest absolute Gasteiger partial charge is 0.211 e. The molecule has 0 aromatic carbocycles. The maximum absolute atomic E-state index is 11.6. The molecule has 0 aromatic rings. The average molecular weight is 302 g/mol. The summed E-state index contributed by atoms with van der Waals surface area (Å²) in [5, 5.41) is 0.786. The van der Waals surface area contributed by atoms with E-state index in [-0.39, 0.29) is 17.7 Å². The number of ether oxygens (including phenoxy) is 1. The molecule has 0 radical (unpaired) electrons. The van der Waals surface area contributed by atoms with Crippen molar-refractivity contribution >= 4 is 26.0 Å². The lowest BCUT2D eigenvalue weighted by Crippen LogP contribution is -2.39. The van der Waals surface area contributed by atoms with Crippen LogP contribution in [0.4, 0.5) is 0 Å². The fraction of sp³-hybridized carbons (Fsp3) is 1.00. The summed E-state index contributed by atoms with van der Waals surface area (Å²) in [6.45, 7) is 4.35. The fourth-order valence-corrected chi connectivity index (χ4v) is 2.96. The normalized spacial score (nSPS) is 16.3. The zero-order valence-corrected chi connectivity index (χ0v) is 11.9. The SMILES string of the molecule is COCCCS(=O)(=O)NC(C)C(C)CBr. The molecule has 0 rings (SSSR count). The molecule has 2 unspecified atom stereocenters. The molecular formula is C9H20BrNO3S. The van der Waals surface area contributed by atoms with Crippen molar-refractivity contribution in [3.05, 3.63) is 0 Å². The van der Waals surface area contributed by atoms with Crippen LogP contribution in [0.5, 0.6) is 0 Å². The zero-order chi connectivity index (χ0) is 11.9. The van der Waals surface area contributed by atoms with Crippen LogP contribution in [0.2, 0.25) is 0 Å². The van der Waals surface area contributed by atoms with Gasteiger partial charge in [0.1, 0.15) is 0 Å². The molecule has 0 saturated heterocycles. The Hall–Kier alpha value is 0.350. The minimum Gasteiger partial charge on any atom is -0.385 e. The first-order chi connectivity index (χ1) is 6.93. The van der Waals surface area contributed by atoms with Crippen LogP contribution in [0.1, 0.15) is 20.3 Å². The van der Waals surface area contributed by atoms with Gasteiger partial charge in [-0.2, -0.15) is 0 Å². The van der Waals surface area contributed by atoms with E-state index in [1.165, 1.54) is 0 Å². The van der Waals surface area contributed by atoms with Crippen molar-refractivity contribution in [1.29, 1.82) is 0 Å². The van der Waals surface area contributed by atoms with E-state index in [0.717, 1.165) is 5.33 Å². The number of sulfonamides is 1. The van der Waals surface area contributed by atoms with E-state index in [0.29, 0.717) is 13.0 Å². The summed E-state index contributed by atoms with van der Waals surface area (Å²) < 4.78 is 30.6. The Bertz CT molecular complexity index is 256. The second kappa shape index (κ2) is 7.60. The highest BCUT2D eigenvalue weighted by Crippen LogP contribution is 2.07. The van der Waals surface area contributed by atoms with E-state index >= 15 is 0 Å². The molecule has 0 bridgehead atoms. The van der Waals surface area contributed by atoms with Crippen LogP contribution >= 0.6 is 15.9 Å². The van der Waals surface area contributed by atoms with Gasteiger partial charge in [-0.3, -0.25) is 0 Å². The van der Waals surface area contributed by atoms with E-state index in [1.54, 1.807) is 7.11 Å². The maximum Gasteiger partial charge on any atom is 0.211 e. The van der Waals surface area contributed by atoms with Crippen molar-refractivity contribution in [2.45, 2.75) is 26.3 Å². The van der Waals surface area contributed by atoms with Gasteiger partial charge in [0.05, 0.1) is 5.75 Å². The molecule has 0 spiro atoms. The lowest BCUT2D eigenvalue weighted by Gasteiger charge is -2.19. The molecule has 4 nitrogen and oxygen atoms in total. The Labute approximate surface area is 101 Å². The highest BCUT2D eigenvalue weighted by Gasteiger charge is 2.18. The number of methoxy groups -OCH3 is 1. The zero-order valence-electron chi connectivity index (χ0n) is 9.49. The van der Waals surface area contributed by atoms with Crippen molar-refractivity contribution in [3.8, 4) is 0 Å². The summed E-state index contributed by atoms with van der Waals surface area (Å²) in [5.74, 6) is 0.405. The molecule has 0 aromatic heterocycles. The van der Waals surface area contributed by atoms with Crippen LogP contribution in [-0.2, 0) is 14.8 Å². The molecule has 2 atom stereocenters. The van der Waals surface area contributed by atoms with E-state index < -0.39 is 10.0 Å². The summed E-state index contributed by atoms with van der Waals surface area (Å²) in [4.78, 5) is 0. The Morgan fingerprint density at radius 3 is 2.47 bits per heavy atom. The quantitative estimate of drug-likeness (QED) is 0.544. The Balaban J connectivity index is 4.02. The van der Waals surface area contributed by atoms with Gasteiger partial charge in [-0.05, 0) is 19.3 Å². The van der Waals surface area contributed by atoms with Crippen LogP contribution in [0.15, 0.2) is 0 Å². The topological polar surface area (TPSA) is 55.4 Å². The number of hydrogen-bond acceptors (Lipinski definition) is 3. The van der Waals surface area contributed by atoms with Gasteiger partial charge in [-0.25, -0.2) is 13.1 Å². The summed E-state index contributed by atoms with van der Waals surface area (Å²) in [6.07, 6.45) is 0.529. The lowest BCUT2D eigenvalue weighted by molar-refractivity contribution is 0.199. The van der Waals surface area contributed by atoms with Crippen LogP contribution in [0.25, 0.3) is 0 Å². The van der Waals surface area contributed by atoms with Crippen LogP contribution in [0.3, 0.4) is 0 Å². The van der Waals surface area contributed by atoms with Crippen molar-refractivity contribution in [1.82, 2.24) is 4.72 Å². The monoisotopic (exact) mass is 301 g/mol. The Morgan fingerprint density at radius 1 is 1.40 bits per heavy atom. The largest absolute Gasteiger partial charge is 0.385 e. The number of halogens is 1. The third kappa shape index (κ3) is 7.27. The summed E-state index contributed by atoms with van der Waals surface area (Å²) >= 11 is 3.33. The first-order valence-corrected chi connectivity index (χ1v) is 7.75. The molecule has 6 heteroatoms. The lowest BCUT2D eigenvalue weighted by atomic mass is 10.1. The van der Waals surface area contributed by atoms with Crippen molar-refractivity contribution in [2.75, 3.05) is 24.8 Å². The fourth-order valence-electron chi connectivity index (χ4n) is 0.985. The molecule has 0 fully saturated rings. The Kier molecular flexibility index (Phi) is 7.77. The molecule has 15 heavy (non-hydrogen) atoms. The highest BCUT2D eigenvalue weighted by atomic mass is 79.9. The standard InChI is InChI=1S/C9H20BrNO3S/c1-8(7-10)9(2)11-15(12,13)6-4-5-14-3/h8-9,11H,4-7H2,1-3H3. The van der Waals surface area contributed by atoms with E-state index in [1.807, 2.05) is 13.8 Å². The van der Waals surface area contributed by atoms with Gasteiger partial charge in [-0.15, -0.1) is 0 Å². The molecule has 1 N–H and O–H groups in total. The summed E-state index contributed by atoms with van der Waals surface area (Å²) in [7, 11) is -1.59. The Morgan fingerprint density at radius 2 is 2.00 bits per heavy atom. The van der Waals surface area contributed by atoms with Gasteiger partial charge < -0.3 is 4.74 Å². The molecule has 0 aliphatic rings. The number of nitrogens with one attached hydrogen (secondary N) is 1. The van der Waals surface area contributed by atoms with Crippen LogP contribution < -0.4 is 4.72 Å². The van der Waals surface area contributed by atoms with E-state index in [2.05, 4.69) is 20.7 Å². The molecular weight excluding hydrogens is 282 g/mol. The average Bonchev–Trinajstić information content (AvgIpc) is 2.16. The second-order valence-corrected chi connectivity index (χ2v) is 6.22. The van der Waals surface area contributed by atoms with E-state index in [9.17, 15) is 8.42 Å². The van der Waals surface area contributed by atoms with Crippen LogP contribution in [0, 0.1) is 5.92 Å². The highest BCUT2D eigenvalue weighted by molar-refractivity contribution is 9.09. The van der Waals surface area contributed by atoms with Gasteiger partial charge >= 0.3 is 0 Å². The molecule has 0 aliphatic carbocycles. The van der Waals surface area contributed by atoms with Gasteiger partial charge in [-0.1, -0.05) is 22.9 Å². The van der Waals surface area contributed by atoms with E-state index in [4.69, 9.17) is 4.74 Å². The first-order valence-electron chi connectivity index (χ1n) is 4.98. The van der Waals surface area contributed by atoms with Gasteiger partial charge in [0.2, 0.25) is 10.0 Å². The third-order valence-corrected chi connectivity index (χ3v) is 4.80. The predicted molar refractivity (Wildman–Crippen MR) is 65.8 cm³/mol. The predicted octanol–water partition coefficient (Wildman–Crippen LogP) is 1.36. The number of alkyl halides is 1.